The maximum Gasteiger partial charge on any atom is 0.317 e. The first-order chi connectivity index (χ1) is 11.1. The third kappa shape index (κ3) is 4.28. The van der Waals surface area contributed by atoms with Gasteiger partial charge >= 0.3 is 6.03 Å². The van der Waals surface area contributed by atoms with E-state index in [0.717, 1.165) is 34.0 Å². The molecule has 1 N–H and O–H groups in total. The van der Waals surface area contributed by atoms with Gasteiger partial charge in [0, 0.05) is 24.3 Å². The number of nitrogens with zero attached hydrogens (tertiary/aromatic N) is 3. The predicted molar refractivity (Wildman–Crippen MR) is 93.5 cm³/mol. The van der Waals surface area contributed by atoms with E-state index in [1.807, 2.05) is 32.3 Å². The summed E-state index contributed by atoms with van der Waals surface area (Å²) in [5, 5.41) is 4.05. The first-order valence-electron chi connectivity index (χ1n) is 7.92. The average molecular weight is 332 g/mol. The van der Waals surface area contributed by atoms with Crippen LogP contribution in [0.15, 0.2) is 24.5 Å². The highest BCUT2D eigenvalue weighted by Crippen LogP contribution is 2.22. The van der Waals surface area contributed by atoms with Crippen LogP contribution in [0.4, 0.5) is 4.79 Å². The van der Waals surface area contributed by atoms with E-state index in [9.17, 15) is 4.79 Å². The zero-order valence-electron chi connectivity index (χ0n) is 14.2. The fourth-order valence-corrected chi connectivity index (χ4v) is 3.62. The van der Waals surface area contributed by atoms with Crippen LogP contribution in [0.2, 0.25) is 0 Å². The van der Waals surface area contributed by atoms with Crippen molar-refractivity contribution >= 4 is 17.4 Å². The molecule has 2 rings (SSSR count). The highest BCUT2D eigenvalue weighted by atomic mass is 32.1. The first-order valence-corrected chi connectivity index (χ1v) is 8.74. The summed E-state index contributed by atoms with van der Waals surface area (Å²) in [4.78, 5) is 24.0. The molecule has 1 atom stereocenters. The average Bonchev–Trinajstić information content (AvgIpc) is 2.94. The van der Waals surface area contributed by atoms with Crippen LogP contribution in [0, 0.1) is 6.92 Å². The molecule has 2 aromatic heterocycles. The molecule has 2 aromatic rings. The van der Waals surface area contributed by atoms with Gasteiger partial charge in [0.1, 0.15) is 0 Å². The van der Waals surface area contributed by atoms with Gasteiger partial charge in [0.15, 0.2) is 0 Å². The van der Waals surface area contributed by atoms with Gasteiger partial charge in [0.2, 0.25) is 0 Å². The van der Waals surface area contributed by atoms with E-state index in [-0.39, 0.29) is 12.1 Å². The van der Waals surface area contributed by atoms with Crippen LogP contribution in [0.1, 0.15) is 47.5 Å². The molecule has 23 heavy (non-hydrogen) atoms. The van der Waals surface area contributed by atoms with Crippen molar-refractivity contribution in [2.24, 2.45) is 0 Å². The number of pyridine rings is 1. The van der Waals surface area contributed by atoms with E-state index in [4.69, 9.17) is 0 Å². The van der Waals surface area contributed by atoms with Gasteiger partial charge in [-0.3, -0.25) is 4.98 Å². The Morgan fingerprint density at radius 2 is 2.22 bits per heavy atom. The SMILES string of the molecule is CCc1nc(C)sc1CNC(=O)N(C)[C@H](CC)c1cccnc1. The number of hydrogen-bond acceptors (Lipinski definition) is 4. The smallest absolute Gasteiger partial charge is 0.317 e. The third-order valence-corrected chi connectivity index (χ3v) is 4.88. The van der Waals surface area contributed by atoms with E-state index < -0.39 is 0 Å². The molecular formula is C17H24N4OS. The van der Waals surface area contributed by atoms with Crippen molar-refractivity contribution in [3.05, 3.63) is 45.7 Å². The molecule has 0 aliphatic heterocycles. The largest absolute Gasteiger partial charge is 0.333 e. The number of carbonyl (C=O) groups excluding carboxylic acids is 1. The monoisotopic (exact) mass is 332 g/mol. The number of aryl methyl sites for hydroxylation is 2. The number of carbonyl (C=O) groups is 1. The van der Waals surface area contributed by atoms with E-state index in [0.29, 0.717) is 6.54 Å². The second-order valence-electron chi connectivity index (χ2n) is 5.44. The van der Waals surface area contributed by atoms with Crippen molar-refractivity contribution in [1.29, 1.82) is 0 Å². The zero-order chi connectivity index (χ0) is 16.8. The van der Waals surface area contributed by atoms with Crippen molar-refractivity contribution in [2.75, 3.05) is 7.05 Å². The molecule has 0 saturated carbocycles. The minimum absolute atomic E-state index is 0.0255. The standard InChI is InChI=1S/C17H24N4OS/c1-5-14-16(23-12(3)20-14)11-19-17(22)21(4)15(6-2)13-8-7-9-18-10-13/h7-10,15H,5-6,11H2,1-4H3,(H,19,22)/t15-/m1/s1. The highest BCUT2D eigenvalue weighted by molar-refractivity contribution is 7.11. The summed E-state index contributed by atoms with van der Waals surface area (Å²) < 4.78 is 0. The molecule has 0 fully saturated rings. The lowest BCUT2D eigenvalue weighted by Crippen LogP contribution is -2.39. The van der Waals surface area contributed by atoms with Crippen LogP contribution < -0.4 is 5.32 Å². The summed E-state index contributed by atoms with van der Waals surface area (Å²) in [5.74, 6) is 0. The fourth-order valence-electron chi connectivity index (χ4n) is 2.66. The minimum Gasteiger partial charge on any atom is -0.333 e. The summed E-state index contributed by atoms with van der Waals surface area (Å²) in [6.07, 6.45) is 5.29. The Hall–Kier alpha value is -1.95. The quantitative estimate of drug-likeness (QED) is 0.877. The van der Waals surface area contributed by atoms with Gasteiger partial charge in [-0.25, -0.2) is 9.78 Å². The van der Waals surface area contributed by atoms with Crippen molar-refractivity contribution < 1.29 is 4.79 Å². The van der Waals surface area contributed by atoms with Gasteiger partial charge in [-0.2, -0.15) is 0 Å². The molecule has 0 aliphatic rings. The van der Waals surface area contributed by atoms with Crippen LogP contribution in [0.5, 0.6) is 0 Å². The molecule has 2 heterocycles. The van der Waals surface area contributed by atoms with Crippen molar-refractivity contribution in [3.63, 3.8) is 0 Å². The van der Waals surface area contributed by atoms with Crippen molar-refractivity contribution in [2.45, 2.75) is 46.2 Å². The first kappa shape index (κ1) is 17.4. The lowest BCUT2D eigenvalue weighted by atomic mass is 10.1. The zero-order valence-corrected chi connectivity index (χ0v) is 15.0. The summed E-state index contributed by atoms with van der Waals surface area (Å²) in [7, 11) is 1.83. The lowest BCUT2D eigenvalue weighted by molar-refractivity contribution is 0.188. The molecule has 124 valence electrons. The topological polar surface area (TPSA) is 58.1 Å². The summed E-state index contributed by atoms with van der Waals surface area (Å²) in [5.41, 5.74) is 2.13. The minimum atomic E-state index is -0.0752. The number of amides is 2. The highest BCUT2D eigenvalue weighted by Gasteiger charge is 2.20. The second-order valence-corrected chi connectivity index (χ2v) is 6.72. The van der Waals surface area contributed by atoms with E-state index in [2.05, 4.69) is 29.1 Å². The summed E-state index contributed by atoms with van der Waals surface area (Å²) in [6.45, 7) is 6.68. The number of urea groups is 1. The van der Waals surface area contributed by atoms with Crippen LogP contribution in [-0.4, -0.2) is 27.9 Å². The van der Waals surface area contributed by atoms with Crippen molar-refractivity contribution in [1.82, 2.24) is 20.2 Å². The number of aromatic nitrogens is 2. The molecule has 6 heteroatoms. The molecular weight excluding hydrogens is 308 g/mol. The summed E-state index contributed by atoms with van der Waals surface area (Å²) >= 11 is 1.65. The molecule has 0 spiro atoms. The van der Waals surface area contributed by atoms with Gasteiger partial charge in [-0.1, -0.05) is 19.9 Å². The molecule has 0 aromatic carbocycles. The van der Waals surface area contributed by atoms with Gasteiger partial charge < -0.3 is 10.2 Å². The maximum atomic E-state index is 12.5. The van der Waals surface area contributed by atoms with Crippen LogP contribution in [0.25, 0.3) is 0 Å². The second kappa shape index (κ2) is 8.06. The Balaban J connectivity index is 2.01. The normalized spacial score (nSPS) is 12.0. The van der Waals surface area contributed by atoms with E-state index in [1.165, 1.54) is 0 Å². The molecule has 0 bridgehead atoms. The van der Waals surface area contributed by atoms with Gasteiger partial charge in [0.25, 0.3) is 0 Å². The van der Waals surface area contributed by atoms with E-state index in [1.54, 1.807) is 22.4 Å². The molecule has 2 amide bonds. The number of rotatable bonds is 6. The lowest BCUT2D eigenvalue weighted by Gasteiger charge is -2.27. The Bertz CT molecular complexity index is 641. The Morgan fingerprint density at radius 3 is 2.83 bits per heavy atom. The Morgan fingerprint density at radius 1 is 1.43 bits per heavy atom. The van der Waals surface area contributed by atoms with Crippen LogP contribution >= 0.6 is 11.3 Å². The predicted octanol–water partition coefficient (Wildman–Crippen LogP) is 3.70. The number of hydrogen-bond donors (Lipinski definition) is 1. The number of thiazole rings is 1. The van der Waals surface area contributed by atoms with Gasteiger partial charge in [0.05, 0.1) is 23.3 Å². The molecule has 0 unspecified atom stereocenters. The molecule has 5 nitrogen and oxygen atoms in total. The maximum absolute atomic E-state index is 12.5. The van der Waals surface area contributed by atoms with E-state index >= 15 is 0 Å². The Labute approximate surface area is 141 Å². The Kier molecular flexibility index (Phi) is 6.10. The molecule has 0 saturated heterocycles. The van der Waals surface area contributed by atoms with Crippen LogP contribution in [-0.2, 0) is 13.0 Å². The number of nitrogens with one attached hydrogen (secondary N) is 1. The van der Waals surface area contributed by atoms with Gasteiger partial charge in [-0.15, -0.1) is 11.3 Å². The van der Waals surface area contributed by atoms with Crippen molar-refractivity contribution in [3.8, 4) is 0 Å². The van der Waals surface area contributed by atoms with Crippen LogP contribution in [0.3, 0.4) is 0 Å². The molecule has 0 aliphatic carbocycles. The summed E-state index contributed by atoms with van der Waals surface area (Å²) in [6, 6.07) is 3.86. The fraction of sp³-hybridized carbons (Fsp3) is 0.471. The van der Waals surface area contributed by atoms with Gasteiger partial charge in [-0.05, 0) is 31.4 Å². The third-order valence-electron chi connectivity index (χ3n) is 3.86. The molecule has 0 radical (unpaired) electrons.